The minimum absolute atomic E-state index is 0.191. The molecule has 0 aliphatic heterocycles. The second-order valence-corrected chi connectivity index (χ2v) is 9.74. The molecule has 3 aromatic carbocycles. The van der Waals surface area contributed by atoms with Gasteiger partial charge in [-0.3, -0.25) is 4.98 Å². The Labute approximate surface area is 213 Å². The molecule has 1 aromatic heterocycles. The Morgan fingerprint density at radius 2 is 1.30 bits per heavy atom. The number of phenolic OH excluding ortho intramolecular Hbond substituents is 1. The molecule has 37 heavy (non-hydrogen) atoms. The van der Waals surface area contributed by atoms with E-state index >= 15 is 0 Å². The van der Waals surface area contributed by atoms with Gasteiger partial charge in [-0.25, -0.2) is 0 Å². The molecule has 2 saturated carbocycles. The van der Waals surface area contributed by atoms with Crippen LogP contribution >= 0.6 is 0 Å². The second kappa shape index (κ2) is 10.00. The molecule has 6 rings (SSSR count). The lowest BCUT2D eigenvalue weighted by Crippen LogP contribution is -2.04. The van der Waals surface area contributed by atoms with Gasteiger partial charge in [0.15, 0.2) is 0 Å². The van der Waals surface area contributed by atoms with Crippen LogP contribution in [0.4, 0.5) is 13.2 Å². The van der Waals surface area contributed by atoms with Crippen LogP contribution in [0.3, 0.4) is 0 Å². The first-order valence-corrected chi connectivity index (χ1v) is 12.2. The van der Waals surface area contributed by atoms with Gasteiger partial charge in [0, 0.05) is 35.7 Å². The molecule has 5 N–H and O–H groups in total. The van der Waals surface area contributed by atoms with E-state index in [2.05, 4.69) is 29.2 Å². The molecule has 0 amide bonds. The van der Waals surface area contributed by atoms with E-state index in [0.717, 1.165) is 41.7 Å². The number of nitrogens with two attached hydrogens (primary N) is 2. The summed E-state index contributed by atoms with van der Waals surface area (Å²) >= 11 is 0. The highest BCUT2D eigenvalue weighted by Crippen LogP contribution is 2.40. The minimum atomic E-state index is -4.34. The molecule has 0 unspecified atom stereocenters. The van der Waals surface area contributed by atoms with Crippen molar-refractivity contribution in [2.75, 3.05) is 0 Å². The zero-order chi connectivity index (χ0) is 26.2. The van der Waals surface area contributed by atoms with Crippen molar-refractivity contribution in [2.45, 2.75) is 42.9 Å². The molecule has 4 aromatic rings. The van der Waals surface area contributed by atoms with Crippen molar-refractivity contribution in [1.29, 1.82) is 0 Å². The lowest BCUT2D eigenvalue weighted by molar-refractivity contribution is -0.137. The van der Waals surface area contributed by atoms with Gasteiger partial charge in [-0.05, 0) is 65.4 Å². The highest BCUT2D eigenvalue weighted by molar-refractivity contribution is 5.65. The maximum absolute atomic E-state index is 12.7. The Hall–Kier alpha value is -3.68. The van der Waals surface area contributed by atoms with Crippen LogP contribution < -0.4 is 11.5 Å². The van der Waals surface area contributed by atoms with Gasteiger partial charge in [-0.15, -0.1) is 0 Å². The fourth-order valence-electron chi connectivity index (χ4n) is 4.45. The topological polar surface area (TPSA) is 85.2 Å². The maximum atomic E-state index is 12.7. The molecule has 2 fully saturated rings. The molecule has 4 nitrogen and oxygen atoms in total. The van der Waals surface area contributed by atoms with Crippen LogP contribution in [0, 0.1) is 0 Å². The predicted octanol–water partition coefficient (Wildman–Crippen LogP) is 6.46. The molecule has 0 radical (unpaired) electrons. The molecule has 0 saturated heterocycles. The summed E-state index contributed by atoms with van der Waals surface area (Å²) in [6, 6.07) is 25.1. The van der Waals surface area contributed by atoms with Crippen molar-refractivity contribution >= 4 is 0 Å². The first-order valence-electron chi connectivity index (χ1n) is 12.2. The number of phenols is 1. The van der Waals surface area contributed by atoms with Gasteiger partial charge in [-0.2, -0.15) is 13.2 Å². The standard InChI is InChI=1S/C15H13F3N2.C15H15NO/c16-15(17,18)11-3-1-2-9(6-11)14-5-4-10(8-20-14)12-7-13(12)19;16-15-9-14(15)11-6-4-10(5-7-11)12-2-1-3-13(17)8-12/h1-6,8,12-13H,7,19H2;1-8,14-15,17H,9,16H2/t12-,13+;14-,15+/m00/s1. The van der Waals surface area contributed by atoms with E-state index in [4.69, 9.17) is 11.5 Å². The Kier molecular flexibility index (Phi) is 6.75. The number of aromatic nitrogens is 1. The first kappa shape index (κ1) is 25.0. The van der Waals surface area contributed by atoms with Gasteiger partial charge in [-0.1, -0.05) is 54.6 Å². The number of hydrogen-bond acceptors (Lipinski definition) is 4. The average Bonchev–Trinajstić information content (AvgIpc) is 3.82. The molecule has 190 valence electrons. The maximum Gasteiger partial charge on any atom is 0.416 e. The van der Waals surface area contributed by atoms with Gasteiger partial charge in [0.2, 0.25) is 0 Å². The summed E-state index contributed by atoms with van der Waals surface area (Å²) in [7, 11) is 0. The first-order chi connectivity index (χ1) is 17.7. The number of nitrogens with zero attached hydrogens (tertiary/aromatic N) is 1. The highest BCUT2D eigenvalue weighted by atomic mass is 19.4. The van der Waals surface area contributed by atoms with Crippen LogP contribution in [-0.4, -0.2) is 22.2 Å². The van der Waals surface area contributed by atoms with Crippen LogP contribution in [0.2, 0.25) is 0 Å². The smallest absolute Gasteiger partial charge is 0.416 e. The predicted molar refractivity (Wildman–Crippen MR) is 139 cm³/mol. The Morgan fingerprint density at radius 3 is 1.86 bits per heavy atom. The summed E-state index contributed by atoms with van der Waals surface area (Å²) in [4.78, 5) is 4.24. The number of alkyl halides is 3. The van der Waals surface area contributed by atoms with Gasteiger partial charge in [0.1, 0.15) is 5.75 Å². The largest absolute Gasteiger partial charge is 0.508 e. The molecule has 0 spiro atoms. The number of hydrogen-bond donors (Lipinski definition) is 3. The summed E-state index contributed by atoms with van der Waals surface area (Å²) in [5.41, 5.74) is 16.5. The Balaban J connectivity index is 0.000000153. The third kappa shape index (κ3) is 6.01. The van der Waals surface area contributed by atoms with Crippen molar-refractivity contribution < 1.29 is 18.3 Å². The summed E-state index contributed by atoms with van der Waals surface area (Å²) in [6.07, 6.45) is -0.583. The number of rotatable bonds is 4. The number of pyridine rings is 1. The van der Waals surface area contributed by atoms with Crippen molar-refractivity contribution in [2.24, 2.45) is 11.5 Å². The second-order valence-electron chi connectivity index (χ2n) is 9.74. The van der Waals surface area contributed by atoms with Crippen molar-refractivity contribution in [3.63, 3.8) is 0 Å². The molecule has 2 aliphatic carbocycles. The average molecular weight is 504 g/mol. The van der Waals surface area contributed by atoms with E-state index in [1.165, 1.54) is 11.6 Å². The van der Waals surface area contributed by atoms with Crippen LogP contribution in [-0.2, 0) is 6.18 Å². The molecule has 0 bridgehead atoms. The Morgan fingerprint density at radius 1 is 0.703 bits per heavy atom. The van der Waals surface area contributed by atoms with E-state index in [1.807, 2.05) is 18.2 Å². The third-order valence-corrected chi connectivity index (χ3v) is 6.90. The van der Waals surface area contributed by atoms with E-state index in [0.29, 0.717) is 34.9 Å². The monoisotopic (exact) mass is 503 g/mol. The van der Waals surface area contributed by atoms with Crippen LogP contribution in [0.25, 0.3) is 22.4 Å². The Bertz CT molecular complexity index is 1370. The molecule has 4 atom stereocenters. The highest BCUT2D eigenvalue weighted by Gasteiger charge is 2.35. The van der Waals surface area contributed by atoms with Crippen molar-refractivity contribution in [1.82, 2.24) is 4.98 Å². The van der Waals surface area contributed by atoms with Gasteiger partial charge in [0.05, 0.1) is 11.3 Å². The van der Waals surface area contributed by atoms with E-state index in [9.17, 15) is 18.3 Å². The summed E-state index contributed by atoms with van der Waals surface area (Å²) < 4.78 is 38.0. The van der Waals surface area contributed by atoms with Crippen LogP contribution in [0.5, 0.6) is 5.75 Å². The number of aromatic hydroxyl groups is 1. The molecule has 2 aliphatic rings. The lowest BCUT2D eigenvalue weighted by Gasteiger charge is -2.08. The summed E-state index contributed by atoms with van der Waals surface area (Å²) in [5, 5.41) is 9.45. The third-order valence-electron chi connectivity index (χ3n) is 6.90. The van der Waals surface area contributed by atoms with Gasteiger partial charge >= 0.3 is 6.18 Å². The quantitative estimate of drug-likeness (QED) is 0.299. The normalized spacial score (nSPS) is 22.1. The minimum Gasteiger partial charge on any atom is -0.508 e. The van der Waals surface area contributed by atoms with Gasteiger partial charge in [0.25, 0.3) is 0 Å². The van der Waals surface area contributed by atoms with Crippen molar-refractivity contribution in [3.8, 4) is 28.1 Å². The van der Waals surface area contributed by atoms with E-state index in [-0.39, 0.29) is 6.04 Å². The molecule has 7 heteroatoms. The lowest BCUT2D eigenvalue weighted by atomic mass is 10.0. The summed E-state index contributed by atoms with van der Waals surface area (Å²) in [6.45, 7) is 0. The van der Waals surface area contributed by atoms with E-state index < -0.39 is 11.7 Å². The number of halogens is 3. The fraction of sp³-hybridized carbons (Fsp3) is 0.233. The van der Waals surface area contributed by atoms with E-state index in [1.54, 1.807) is 30.5 Å². The fourth-order valence-corrected chi connectivity index (χ4v) is 4.45. The van der Waals surface area contributed by atoms with Crippen LogP contribution in [0.1, 0.15) is 41.4 Å². The van der Waals surface area contributed by atoms with Gasteiger partial charge < -0.3 is 16.6 Å². The van der Waals surface area contributed by atoms with Crippen LogP contribution in [0.15, 0.2) is 91.1 Å². The number of benzene rings is 3. The molecular formula is C30H28F3N3O. The summed E-state index contributed by atoms with van der Waals surface area (Å²) in [5.74, 6) is 1.20. The SMILES string of the molecule is N[C@@H]1C[C@H]1c1ccc(-c2cccc(C(F)(F)F)c2)nc1.N[C@@H]1C[C@H]1c1ccc(-c2cccc(O)c2)cc1. The zero-order valence-electron chi connectivity index (χ0n) is 20.1. The van der Waals surface area contributed by atoms with Crippen molar-refractivity contribution in [3.05, 3.63) is 108 Å². The molecule has 1 heterocycles. The zero-order valence-corrected chi connectivity index (χ0v) is 20.1. The molecular weight excluding hydrogens is 475 g/mol.